The maximum atomic E-state index is 14.0. The Bertz CT molecular complexity index is 1040. The molecule has 0 bridgehead atoms. The first kappa shape index (κ1) is 28.4. The number of ether oxygens (including phenoxy) is 2. The second kappa shape index (κ2) is 11.3. The van der Waals surface area contributed by atoms with Crippen LogP contribution in [0.2, 0.25) is 0 Å². The van der Waals surface area contributed by atoms with E-state index in [1.54, 1.807) is 19.9 Å². The molecule has 0 saturated heterocycles. The zero-order chi connectivity index (χ0) is 26.6. The van der Waals surface area contributed by atoms with Crippen molar-refractivity contribution < 1.29 is 32.5 Å². The largest absolute Gasteiger partial charge is 0.493 e. The lowest BCUT2D eigenvalue weighted by atomic mass is 9.90. The van der Waals surface area contributed by atoms with E-state index < -0.39 is 29.9 Å². The van der Waals surface area contributed by atoms with Gasteiger partial charge in [-0.25, -0.2) is 0 Å². The first-order valence-corrected chi connectivity index (χ1v) is 11.8. The summed E-state index contributed by atoms with van der Waals surface area (Å²) in [4.78, 5) is 16.7. The van der Waals surface area contributed by atoms with Gasteiger partial charge in [-0.2, -0.15) is 13.2 Å². The van der Waals surface area contributed by atoms with Crippen LogP contribution in [0.25, 0.3) is 0 Å². The molecular weight excluding hydrogens is 461 g/mol. The molecule has 194 valence electrons. The number of nitrogens with one attached hydrogen (secondary N) is 1. The highest BCUT2D eigenvalue weighted by molar-refractivity contribution is 5.95. The molecule has 0 radical (unpaired) electrons. The number of benzene rings is 1. The summed E-state index contributed by atoms with van der Waals surface area (Å²) in [6.07, 6.45) is -3.08. The second-order valence-corrected chi connectivity index (χ2v) is 8.69. The third-order valence-electron chi connectivity index (χ3n) is 5.82. The highest BCUT2D eigenvalue weighted by Crippen LogP contribution is 2.39. The van der Waals surface area contributed by atoms with Gasteiger partial charge >= 0.3 is 6.18 Å². The van der Waals surface area contributed by atoms with E-state index in [1.165, 1.54) is 25.3 Å². The molecular formula is C26H35F3N2O4. The molecule has 3 rings (SSSR count). The molecule has 9 heteroatoms. The Morgan fingerprint density at radius 3 is 2.31 bits per heavy atom. The van der Waals surface area contributed by atoms with Crippen molar-refractivity contribution in [2.24, 2.45) is 0 Å². The van der Waals surface area contributed by atoms with Crippen molar-refractivity contribution in [2.75, 3.05) is 13.7 Å². The van der Waals surface area contributed by atoms with Crippen molar-refractivity contribution in [3.63, 3.8) is 0 Å². The van der Waals surface area contributed by atoms with E-state index in [4.69, 9.17) is 9.47 Å². The average Bonchev–Trinajstić information content (AvgIpc) is 3.63. The molecule has 6 nitrogen and oxygen atoms in total. The van der Waals surface area contributed by atoms with Gasteiger partial charge in [0, 0.05) is 11.3 Å². The molecule has 1 aliphatic carbocycles. The highest BCUT2D eigenvalue weighted by Gasteiger charge is 2.56. The standard InChI is InChI=1S/C24H29F3N2O4.C2H6/c1-13(2)18-11-21(29-15(4)14(18)3)23(31,24(25,26)27)12-28-22(30)16-6-9-19(20(10-16)32-5)33-17-7-8-17;1-2/h6,9-11,13,17,31H,7-8,12H2,1-5H3,(H,28,30);1-2H3. The van der Waals surface area contributed by atoms with Gasteiger partial charge in [-0.1, -0.05) is 27.7 Å². The number of amides is 1. The van der Waals surface area contributed by atoms with Crippen LogP contribution in [-0.4, -0.2) is 41.9 Å². The van der Waals surface area contributed by atoms with Gasteiger partial charge in [-0.15, -0.1) is 0 Å². The Morgan fingerprint density at radius 1 is 1.17 bits per heavy atom. The lowest BCUT2D eigenvalue weighted by Crippen LogP contribution is -2.51. The first-order chi connectivity index (χ1) is 16.4. The van der Waals surface area contributed by atoms with Crippen LogP contribution < -0.4 is 14.8 Å². The maximum absolute atomic E-state index is 14.0. The number of nitrogens with zero attached hydrogens (tertiary/aromatic N) is 1. The van der Waals surface area contributed by atoms with Crippen LogP contribution in [0.3, 0.4) is 0 Å². The Kier molecular flexibility index (Phi) is 9.17. The predicted octanol–water partition coefficient (Wildman–Crippen LogP) is 5.58. The maximum Gasteiger partial charge on any atom is 0.424 e. The third kappa shape index (κ3) is 6.45. The fourth-order valence-corrected chi connectivity index (χ4v) is 3.49. The number of halogens is 3. The molecule has 2 aromatic rings. The minimum Gasteiger partial charge on any atom is -0.493 e. The lowest BCUT2D eigenvalue weighted by Gasteiger charge is -2.31. The molecule has 35 heavy (non-hydrogen) atoms. The molecule has 1 fully saturated rings. The number of carbonyl (C=O) groups is 1. The van der Waals surface area contributed by atoms with E-state index in [2.05, 4.69) is 10.3 Å². The molecule has 0 spiro atoms. The number of hydrogen-bond acceptors (Lipinski definition) is 5. The number of pyridine rings is 1. The van der Waals surface area contributed by atoms with Crippen molar-refractivity contribution in [3.05, 3.63) is 52.3 Å². The molecule has 1 aromatic carbocycles. The van der Waals surface area contributed by atoms with Crippen molar-refractivity contribution in [3.8, 4) is 11.5 Å². The summed E-state index contributed by atoms with van der Waals surface area (Å²) in [6, 6.07) is 5.64. The monoisotopic (exact) mass is 496 g/mol. The molecule has 1 atom stereocenters. The summed E-state index contributed by atoms with van der Waals surface area (Å²) in [5, 5.41) is 12.9. The van der Waals surface area contributed by atoms with Crippen LogP contribution in [-0.2, 0) is 5.60 Å². The molecule has 1 amide bonds. The van der Waals surface area contributed by atoms with E-state index >= 15 is 0 Å². The molecule has 1 saturated carbocycles. The number of aliphatic hydroxyl groups is 1. The number of methoxy groups -OCH3 is 1. The summed E-state index contributed by atoms with van der Waals surface area (Å²) < 4.78 is 53.0. The normalized spacial score (nSPS) is 15.1. The topological polar surface area (TPSA) is 80.7 Å². The van der Waals surface area contributed by atoms with Crippen LogP contribution in [0.1, 0.15) is 79.3 Å². The van der Waals surface area contributed by atoms with Crippen molar-refractivity contribution in [1.29, 1.82) is 0 Å². The Morgan fingerprint density at radius 2 is 1.80 bits per heavy atom. The Labute approximate surface area is 204 Å². The van der Waals surface area contributed by atoms with Crippen LogP contribution >= 0.6 is 0 Å². The van der Waals surface area contributed by atoms with Gasteiger partial charge in [0.25, 0.3) is 5.91 Å². The van der Waals surface area contributed by atoms with Crippen LogP contribution in [0.5, 0.6) is 11.5 Å². The Balaban J connectivity index is 0.00000210. The fraction of sp³-hybridized carbons (Fsp3) is 0.538. The minimum atomic E-state index is -5.07. The molecule has 1 heterocycles. The number of aryl methyl sites for hydroxylation is 1. The zero-order valence-corrected chi connectivity index (χ0v) is 21.3. The van der Waals surface area contributed by atoms with Crippen molar-refractivity contribution in [1.82, 2.24) is 10.3 Å². The van der Waals surface area contributed by atoms with E-state index in [1.807, 2.05) is 27.7 Å². The van der Waals surface area contributed by atoms with Gasteiger partial charge in [0.2, 0.25) is 5.60 Å². The molecule has 1 aromatic heterocycles. The number of alkyl halides is 3. The van der Waals surface area contributed by atoms with E-state index in [0.717, 1.165) is 18.4 Å². The molecule has 1 unspecified atom stereocenters. The summed E-state index contributed by atoms with van der Waals surface area (Å²) in [5.74, 6) is -0.0925. The number of carbonyl (C=O) groups excluding carboxylic acids is 1. The van der Waals surface area contributed by atoms with Crippen molar-refractivity contribution >= 4 is 5.91 Å². The van der Waals surface area contributed by atoms with Gasteiger partial charge in [0.05, 0.1) is 25.5 Å². The first-order valence-electron chi connectivity index (χ1n) is 11.8. The quantitative estimate of drug-likeness (QED) is 0.499. The van der Waals surface area contributed by atoms with Gasteiger partial charge in [-0.05, 0) is 68.0 Å². The Hall–Kier alpha value is -2.81. The molecule has 1 aliphatic rings. The zero-order valence-electron chi connectivity index (χ0n) is 21.3. The fourth-order valence-electron chi connectivity index (χ4n) is 3.49. The number of aromatic nitrogens is 1. The second-order valence-electron chi connectivity index (χ2n) is 8.69. The SMILES string of the molecule is CC.COc1cc(C(=O)NCC(O)(c2cc(C(C)C)c(C)c(C)n2)C(F)(F)F)ccc1OC1CC1. The molecule has 2 N–H and O–H groups in total. The average molecular weight is 497 g/mol. The van der Waals surface area contributed by atoms with Crippen LogP contribution in [0, 0.1) is 13.8 Å². The van der Waals surface area contributed by atoms with E-state index in [-0.39, 0.29) is 17.6 Å². The van der Waals surface area contributed by atoms with E-state index in [9.17, 15) is 23.1 Å². The third-order valence-corrected chi connectivity index (χ3v) is 5.82. The lowest BCUT2D eigenvalue weighted by molar-refractivity contribution is -0.265. The van der Waals surface area contributed by atoms with Gasteiger partial charge in [0.1, 0.15) is 0 Å². The van der Waals surface area contributed by atoms with Gasteiger partial charge in [-0.3, -0.25) is 9.78 Å². The highest BCUT2D eigenvalue weighted by atomic mass is 19.4. The summed E-state index contributed by atoms with van der Waals surface area (Å²) in [7, 11) is 1.41. The van der Waals surface area contributed by atoms with Gasteiger partial charge in [0.15, 0.2) is 11.5 Å². The molecule has 0 aliphatic heterocycles. The van der Waals surface area contributed by atoms with Crippen LogP contribution in [0.4, 0.5) is 13.2 Å². The smallest absolute Gasteiger partial charge is 0.424 e. The summed E-state index contributed by atoms with van der Waals surface area (Å²) >= 11 is 0. The summed E-state index contributed by atoms with van der Waals surface area (Å²) in [5.41, 5.74) is -2.01. The number of hydrogen-bond donors (Lipinski definition) is 2. The minimum absolute atomic E-state index is 0.0682. The van der Waals surface area contributed by atoms with E-state index in [0.29, 0.717) is 22.8 Å². The van der Waals surface area contributed by atoms with Crippen LogP contribution in [0.15, 0.2) is 24.3 Å². The number of rotatable bonds is 8. The summed E-state index contributed by atoms with van der Waals surface area (Å²) in [6.45, 7) is 9.98. The van der Waals surface area contributed by atoms with Gasteiger partial charge < -0.3 is 19.9 Å². The predicted molar refractivity (Wildman–Crippen MR) is 128 cm³/mol. The van der Waals surface area contributed by atoms with Crippen molar-refractivity contribution in [2.45, 2.75) is 78.2 Å².